The zero-order valence-corrected chi connectivity index (χ0v) is 10.3. The van der Waals surface area contributed by atoms with Crippen molar-refractivity contribution in [1.82, 2.24) is 5.32 Å². The average molecular weight is 260 g/mol. The number of hydrogen-bond donors (Lipinski definition) is 1. The predicted octanol–water partition coefficient (Wildman–Crippen LogP) is 1.06. The third kappa shape index (κ3) is 10.1. The molecule has 0 radical (unpaired) electrons. The van der Waals surface area contributed by atoms with E-state index in [9.17, 15) is 14.3 Å². The molecule has 98 valence electrons. The van der Waals surface area contributed by atoms with Crippen molar-refractivity contribution in [1.29, 1.82) is 0 Å². The van der Waals surface area contributed by atoms with E-state index in [1.807, 2.05) is 0 Å². The minimum atomic E-state index is -4.26. The van der Waals surface area contributed by atoms with Gasteiger partial charge < -0.3 is 19.3 Å². The molecule has 1 unspecified atom stereocenters. The molecule has 0 aromatic carbocycles. The first-order valence-corrected chi connectivity index (χ1v) is 6.58. The van der Waals surface area contributed by atoms with E-state index in [2.05, 4.69) is 14.4 Å². The van der Waals surface area contributed by atoms with Crippen LogP contribution in [0, 0.1) is 0 Å². The van der Waals surface area contributed by atoms with Gasteiger partial charge in [-0.25, -0.2) is 0 Å². The zero-order chi connectivity index (χ0) is 15.1. The van der Waals surface area contributed by atoms with E-state index in [4.69, 9.17) is 4.34 Å². The van der Waals surface area contributed by atoms with Gasteiger partial charge in [0.15, 0.2) is 0 Å². The van der Waals surface area contributed by atoms with Gasteiger partial charge in [0.25, 0.3) is 7.82 Å². The summed E-state index contributed by atoms with van der Waals surface area (Å²) in [7, 11) is -4.92. The van der Waals surface area contributed by atoms with Crippen LogP contribution in [-0.4, -0.2) is 26.1 Å². The summed E-state index contributed by atoms with van der Waals surface area (Å²) >= 11 is 0. The third-order valence-electron chi connectivity index (χ3n) is 1.85. The van der Waals surface area contributed by atoms with Gasteiger partial charge in [-0.2, -0.15) is 0 Å². The molecular formula is C9H21NO5P-. The van der Waals surface area contributed by atoms with Crippen LogP contribution >= 0.6 is 7.82 Å². The monoisotopic (exact) mass is 260 g/mol. The van der Waals surface area contributed by atoms with Crippen LogP contribution in [0.25, 0.3) is 0 Å². The normalized spacial score (nSPS) is 15.8. The molecule has 7 heteroatoms. The molecule has 0 saturated heterocycles. The van der Waals surface area contributed by atoms with E-state index >= 15 is 0 Å². The fraction of sp³-hybridized carbons (Fsp3) is 0.889. The lowest BCUT2D eigenvalue weighted by Crippen LogP contribution is -2.20. The molecule has 6 nitrogen and oxygen atoms in total. The first kappa shape index (κ1) is 12.0. The lowest BCUT2D eigenvalue weighted by molar-refractivity contribution is -0.223. The molecule has 0 aliphatic carbocycles. The van der Waals surface area contributed by atoms with Crippen molar-refractivity contribution in [3.63, 3.8) is 0 Å². The number of unbranched alkanes of at least 4 members (excludes halogenated alkanes) is 3. The number of hydrogen-bond acceptors (Lipinski definition) is 5. The summed E-state index contributed by atoms with van der Waals surface area (Å²) in [6.45, 7) is 2.17. The minimum Gasteiger partial charge on any atom is -0.756 e. The number of carbonyl (C=O) groups excluding carboxylic acids is 1. The maximum atomic E-state index is 10.9. The molecule has 0 heterocycles. The van der Waals surface area contributed by atoms with E-state index in [1.165, 1.54) is 6.92 Å². The van der Waals surface area contributed by atoms with Crippen molar-refractivity contribution in [2.45, 2.75) is 32.6 Å². The summed E-state index contributed by atoms with van der Waals surface area (Å²) < 4.78 is 36.0. The molecule has 0 aromatic rings. The molecule has 16 heavy (non-hydrogen) atoms. The van der Waals surface area contributed by atoms with Crippen molar-refractivity contribution in [3.05, 3.63) is 0 Å². The Morgan fingerprint density at radius 1 is 1.56 bits per heavy atom. The Morgan fingerprint density at radius 2 is 2.25 bits per heavy atom. The molecule has 0 rings (SSSR count). The lowest BCUT2D eigenvalue weighted by Gasteiger charge is -2.19. The Labute approximate surface area is 100 Å². The Bertz CT molecular complexity index is 270. The standard InChI is InChI=1S/C9H20NO5P.H2/c1-9(11)10-7-5-3-4-6-8-15-16(12,13)14-2;/h3-8H2,1-2H3,(H,10,11)(H,12,13);1H/p-1/i2T;1+2T. The number of nitrogens with one attached hydrogen (secondary N) is 1. The molecule has 0 aliphatic heterocycles. The first-order valence-electron chi connectivity index (χ1n) is 6.82. The maximum absolute atomic E-state index is 10.9. The van der Waals surface area contributed by atoms with Gasteiger partial charge in [0.2, 0.25) is 5.91 Å². The van der Waals surface area contributed by atoms with Gasteiger partial charge in [-0.05, 0) is 12.8 Å². The van der Waals surface area contributed by atoms with Crippen LogP contribution in [0.15, 0.2) is 0 Å². The van der Waals surface area contributed by atoms with Gasteiger partial charge in [0.05, 0.1) is 7.98 Å². The van der Waals surface area contributed by atoms with Crippen molar-refractivity contribution < 1.29 is 27.6 Å². The van der Waals surface area contributed by atoms with Crippen LogP contribution in [0.5, 0.6) is 0 Å². The Morgan fingerprint density at radius 3 is 2.88 bits per heavy atom. The summed E-state index contributed by atoms with van der Waals surface area (Å²) in [5.41, 5.74) is 0. The topological polar surface area (TPSA) is 87.7 Å². The van der Waals surface area contributed by atoms with E-state index in [-0.39, 0.29) is 12.5 Å². The Hall–Kier alpha value is -0.420. The van der Waals surface area contributed by atoms with Crippen molar-refractivity contribution >= 4 is 13.7 Å². The molecule has 0 aromatic heterocycles. The minimum absolute atomic E-state index is 0.0480. The van der Waals surface area contributed by atoms with Gasteiger partial charge in [0, 0.05) is 23.5 Å². The smallest absolute Gasteiger partial charge is 0.267 e. The fourth-order valence-electron chi connectivity index (χ4n) is 1.06. The quantitative estimate of drug-likeness (QED) is 0.494. The third-order valence-corrected chi connectivity index (χ3v) is 2.67. The highest BCUT2D eigenvalue weighted by Crippen LogP contribution is 2.36. The van der Waals surface area contributed by atoms with E-state index in [0.29, 0.717) is 13.0 Å². The summed E-state index contributed by atoms with van der Waals surface area (Å²) in [5.74, 6) is -0.0480. The number of carbonyl (C=O) groups is 1. The molecule has 1 atom stereocenters. The van der Waals surface area contributed by atoms with Gasteiger partial charge >= 0.3 is 0 Å². The van der Waals surface area contributed by atoms with Gasteiger partial charge in [-0.15, -0.1) is 0 Å². The highest BCUT2D eigenvalue weighted by molar-refractivity contribution is 7.45. The van der Waals surface area contributed by atoms with Gasteiger partial charge in [0.1, 0.15) is 0 Å². The van der Waals surface area contributed by atoms with E-state index in [1.54, 1.807) is 0 Å². The first-order chi connectivity index (χ1) is 8.98. The number of phosphoric ester groups is 1. The zero-order valence-electron chi connectivity index (χ0n) is 12.4. The summed E-state index contributed by atoms with van der Waals surface area (Å²) in [4.78, 5) is 21.4. The van der Waals surface area contributed by atoms with E-state index < -0.39 is 14.9 Å². The highest BCUT2D eigenvalue weighted by atomic mass is 31.2. The largest absolute Gasteiger partial charge is 0.756 e. The Balaban J connectivity index is 0. The number of phosphoric acid groups is 1. The van der Waals surface area contributed by atoms with Gasteiger partial charge in [-0.1, -0.05) is 12.8 Å². The SMILES string of the molecule is [3H]COP(=O)([O-])OCCCCCCNC(C)=O.[3H][3H]. The summed E-state index contributed by atoms with van der Waals surface area (Å²) in [6, 6.07) is 0. The number of amides is 1. The van der Waals surface area contributed by atoms with Crippen LogP contribution in [0.2, 0.25) is 0 Å². The van der Waals surface area contributed by atoms with Crippen molar-refractivity contribution in [2.75, 3.05) is 20.2 Å². The van der Waals surface area contributed by atoms with Crippen molar-refractivity contribution in [2.24, 2.45) is 0 Å². The molecular weight excluding hydrogens is 233 g/mol. The maximum Gasteiger partial charge on any atom is 0.267 e. The molecule has 0 saturated carbocycles. The van der Waals surface area contributed by atoms with Gasteiger partial charge in [-0.3, -0.25) is 9.36 Å². The molecule has 0 fully saturated rings. The summed E-state index contributed by atoms with van der Waals surface area (Å²) in [5, 5.41) is 2.67. The Kier molecular flexibility index (Phi) is 6.55. The molecule has 0 bridgehead atoms. The van der Waals surface area contributed by atoms with Crippen LogP contribution in [-0.2, 0) is 18.4 Å². The lowest BCUT2D eigenvalue weighted by atomic mass is 10.2. The van der Waals surface area contributed by atoms with Crippen LogP contribution < -0.4 is 10.2 Å². The fourth-order valence-corrected chi connectivity index (χ4v) is 1.49. The summed E-state index contributed by atoms with van der Waals surface area (Å²) in [6.07, 6.45) is 3.18. The highest BCUT2D eigenvalue weighted by Gasteiger charge is 2.04. The van der Waals surface area contributed by atoms with E-state index in [0.717, 1.165) is 19.3 Å². The second-order valence-electron chi connectivity index (χ2n) is 3.31. The average Bonchev–Trinajstić information content (AvgIpc) is 2.34. The van der Waals surface area contributed by atoms with Crippen LogP contribution in [0.3, 0.4) is 0 Å². The second-order valence-corrected chi connectivity index (χ2v) is 4.72. The molecule has 1 N–H and O–H groups in total. The molecule has 0 spiro atoms. The number of rotatable bonds is 9. The predicted molar refractivity (Wildman–Crippen MR) is 59.8 cm³/mol. The molecule has 1 amide bonds. The van der Waals surface area contributed by atoms with Crippen molar-refractivity contribution in [3.8, 4) is 0 Å². The van der Waals surface area contributed by atoms with Crippen LogP contribution in [0.4, 0.5) is 0 Å². The molecule has 0 aliphatic rings. The van der Waals surface area contributed by atoms with Crippen LogP contribution in [0.1, 0.15) is 36.9 Å². The second kappa shape index (κ2) is 8.70.